The topological polar surface area (TPSA) is 90.0 Å². The Balaban J connectivity index is 1.91. The van der Waals surface area contributed by atoms with Gasteiger partial charge in [0.2, 0.25) is 11.6 Å². The molecule has 0 aliphatic carbocycles. The molecule has 4 rings (SSSR count). The van der Waals surface area contributed by atoms with Crippen molar-refractivity contribution in [2.75, 3.05) is 26.1 Å². The molecule has 0 aromatic heterocycles. The molecule has 2 aromatic carbocycles. The molecule has 2 heterocycles. The van der Waals surface area contributed by atoms with Crippen LogP contribution >= 0.6 is 0 Å². The first-order valence-electron chi connectivity index (χ1n) is 8.42. The SMILES string of the molecule is COc1cc(C2C(C#N)=C(N)Oc3cc(N(C)C)ccc32)cc2c1OOC2. The number of benzene rings is 2. The molecule has 7 heteroatoms. The van der Waals surface area contributed by atoms with Gasteiger partial charge in [-0.3, -0.25) is 0 Å². The molecule has 2 N–H and O–H groups in total. The molecule has 0 saturated carbocycles. The van der Waals surface area contributed by atoms with Gasteiger partial charge in [0.1, 0.15) is 24.0 Å². The van der Waals surface area contributed by atoms with Crippen molar-refractivity contribution >= 4 is 5.69 Å². The van der Waals surface area contributed by atoms with Crippen LogP contribution in [0.4, 0.5) is 5.69 Å². The third kappa shape index (κ3) is 2.71. The predicted molar refractivity (Wildman–Crippen MR) is 98.5 cm³/mol. The number of hydrogen-bond donors (Lipinski definition) is 1. The number of nitrogens with two attached hydrogens (primary N) is 1. The molecule has 0 amide bonds. The van der Waals surface area contributed by atoms with Gasteiger partial charge in [0.15, 0.2) is 5.75 Å². The highest BCUT2D eigenvalue weighted by atomic mass is 17.2. The van der Waals surface area contributed by atoms with E-state index in [2.05, 4.69) is 6.07 Å². The van der Waals surface area contributed by atoms with Crippen LogP contribution in [0.3, 0.4) is 0 Å². The smallest absolute Gasteiger partial charge is 0.212 e. The third-order valence-electron chi connectivity index (χ3n) is 4.78. The van der Waals surface area contributed by atoms with E-state index >= 15 is 0 Å². The summed E-state index contributed by atoms with van der Waals surface area (Å²) in [6.45, 7) is 0.316. The number of nitrogens with zero attached hydrogens (tertiary/aromatic N) is 2. The van der Waals surface area contributed by atoms with Crippen LogP contribution in [0.1, 0.15) is 22.6 Å². The second-order valence-electron chi connectivity index (χ2n) is 6.60. The second-order valence-corrected chi connectivity index (χ2v) is 6.60. The Morgan fingerprint density at radius 3 is 2.78 bits per heavy atom. The maximum Gasteiger partial charge on any atom is 0.212 e. The van der Waals surface area contributed by atoms with E-state index in [1.807, 2.05) is 49.3 Å². The van der Waals surface area contributed by atoms with Gasteiger partial charge >= 0.3 is 0 Å². The first-order valence-corrected chi connectivity index (χ1v) is 8.42. The van der Waals surface area contributed by atoms with Gasteiger partial charge in [-0.15, -0.1) is 0 Å². The highest BCUT2D eigenvalue weighted by molar-refractivity contribution is 5.63. The van der Waals surface area contributed by atoms with Crippen molar-refractivity contribution < 1.29 is 19.2 Å². The minimum absolute atomic E-state index is 0.109. The molecule has 0 saturated heterocycles. The molecule has 2 aliphatic heterocycles. The highest BCUT2D eigenvalue weighted by Gasteiger charge is 2.33. The van der Waals surface area contributed by atoms with Crippen molar-refractivity contribution in [3.8, 4) is 23.3 Å². The van der Waals surface area contributed by atoms with Crippen molar-refractivity contribution in [3.05, 3.63) is 58.5 Å². The lowest BCUT2D eigenvalue weighted by Crippen LogP contribution is -2.21. The Hall–Kier alpha value is -3.37. The monoisotopic (exact) mass is 365 g/mol. The van der Waals surface area contributed by atoms with Gasteiger partial charge in [-0.2, -0.15) is 10.1 Å². The van der Waals surface area contributed by atoms with E-state index in [1.54, 1.807) is 7.11 Å². The standard InChI is InChI=1S/C20H19N3O4/c1-23(2)13-4-5-14-16(8-13)26-20(22)15(9-21)18(14)11-6-12-10-25-27-19(12)17(7-11)24-3/h4-8,18H,10,22H2,1-3H3. The first kappa shape index (κ1) is 17.1. The summed E-state index contributed by atoms with van der Waals surface area (Å²) in [7, 11) is 5.47. The average Bonchev–Trinajstić information content (AvgIpc) is 3.14. The zero-order valence-corrected chi connectivity index (χ0v) is 15.3. The van der Waals surface area contributed by atoms with E-state index in [1.165, 1.54) is 0 Å². The molecule has 138 valence electrons. The molecular formula is C20H19N3O4. The summed E-state index contributed by atoms with van der Waals surface area (Å²) < 4.78 is 11.2. The first-order chi connectivity index (χ1) is 13.0. The minimum atomic E-state index is -0.366. The zero-order chi connectivity index (χ0) is 19.1. The summed E-state index contributed by atoms with van der Waals surface area (Å²) in [6.07, 6.45) is 0. The number of methoxy groups -OCH3 is 1. The lowest BCUT2D eigenvalue weighted by Gasteiger charge is -2.28. The summed E-state index contributed by atoms with van der Waals surface area (Å²) in [4.78, 5) is 12.2. The molecule has 0 fully saturated rings. The number of rotatable bonds is 3. The summed E-state index contributed by atoms with van der Waals surface area (Å²) in [5, 5.41) is 9.72. The number of allylic oxidation sites excluding steroid dienone is 1. The molecule has 0 radical (unpaired) electrons. The van der Waals surface area contributed by atoms with Crippen LogP contribution in [0.2, 0.25) is 0 Å². The summed E-state index contributed by atoms with van der Waals surface area (Å²) in [6, 6.07) is 11.9. The van der Waals surface area contributed by atoms with Crippen molar-refractivity contribution in [1.82, 2.24) is 0 Å². The largest absolute Gasteiger partial charge is 0.493 e. The lowest BCUT2D eigenvalue weighted by atomic mass is 9.82. The fourth-order valence-corrected chi connectivity index (χ4v) is 3.42. The Kier molecular flexibility index (Phi) is 4.05. The Bertz CT molecular complexity index is 991. The maximum absolute atomic E-state index is 9.72. The average molecular weight is 365 g/mol. The molecule has 0 bridgehead atoms. The van der Waals surface area contributed by atoms with E-state index in [0.29, 0.717) is 29.4 Å². The van der Waals surface area contributed by atoms with E-state index in [4.69, 9.17) is 25.0 Å². The van der Waals surface area contributed by atoms with Gasteiger partial charge in [0.05, 0.1) is 13.0 Å². The molecule has 1 unspecified atom stereocenters. The Labute approximate surface area is 157 Å². The van der Waals surface area contributed by atoms with Crippen LogP contribution < -0.4 is 25.0 Å². The van der Waals surface area contributed by atoms with Crippen molar-refractivity contribution in [3.63, 3.8) is 0 Å². The molecule has 27 heavy (non-hydrogen) atoms. The van der Waals surface area contributed by atoms with E-state index in [9.17, 15) is 5.26 Å². The zero-order valence-electron chi connectivity index (χ0n) is 15.3. The summed E-state index contributed by atoms with van der Waals surface area (Å²) >= 11 is 0. The van der Waals surface area contributed by atoms with Gasteiger partial charge in [0.25, 0.3) is 0 Å². The fourth-order valence-electron chi connectivity index (χ4n) is 3.42. The normalized spacial score (nSPS) is 17.3. The maximum atomic E-state index is 9.72. The van der Waals surface area contributed by atoms with Crippen LogP contribution in [-0.4, -0.2) is 21.2 Å². The molecule has 7 nitrogen and oxygen atoms in total. The minimum Gasteiger partial charge on any atom is -0.493 e. The number of ether oxygens (including phenoxy) is 2. The molecular weight excluding hydrogens is 346 g/mol. The molecule has 2 aliphatic rings. The van der Waals surface area contributed by atoms with Crippen LogP contribution in [-0.2, 0) is 11.5 Å². The molecule has 2 aromatic rings. The predicted octanol–water partition coefficient (Wildman–Crippen LogP) is 2.80. The van der Waals surface area contributed by atoms with Crippen molar-refractivity contribution in [2.45, 2.75) is 12.5 Å². The number of fused-ring (bicyclic) bond motifs is 2. The van der Waals surface area contributed by atoms with Gasteiger partial charge < -0.3 is 25.0 Å². The van der Waals surface area contributed by atoms with Gasteiger partial charge in [-0.25, -0.2) is 0 Å². The van der Waals surface area contributed by atoms with Crippen LogP contribution in [0.25, 0.3) is 0 Å². The van der Waals surface area contributed by atoms with Crippen LogP contribution in [0.15, 0.2) is 41.8 Å². The summed E-state index contributed by atoms with van der Waals surface area (Å²) in [5.41, 5.74) is 10.0. The van der Waals surface area contributed by atoms with Crippen molar-refractivity contribution in [1.29, 1.82) is 5.26 Å². The number of anilines is 1. The highest BCUT2D eigenvalue weighted by Crippen LogP contribution is 2.46. The van der Waals surface area contributed by atoms with Crippen LogP contribution in [0, 0.1) is 11.3 Å². The third-order valence-corrected chi connectivity index (χ3v) is 4.78. The van der Waals surface area contributed by atoms with Gasteiger partial charge in [0, 0.05) is 37.0 Å². The lowest BCUT2D eigenvalue weighted by molar-refractivity contribution is -0.195. The van der Waals surface area contributed by atoms with Crippen molar-refractivity contribution in [2.24, 2.45) is 5.73 Å². The number of hydrogen-bond acceptors (Lipinski definition) is 7. The summed E-state index contributed by atoms with van der Waals surface area (Å²) in [5.74, 6) is 1.49. The van der Waals surface area contributed by atoms with E-state index in [0.717, 1.165) is 22.4 Å². The second kappa shape index (κ2) is 6.41. The number of nitriles is 1. The van der Waals surface area contributed by atoms with Gasteiger partial charge in [-0.05, 0) is 23.8 Å². The quantitative estimate of drug-likeness (QED) is 0.837. The molecule has 0 spiro atoms. The Morgan fingerprint density at radius 2 is 2.07 bits per heavy atom. The fraction of sp³-hybridized carbons (Fsp3) is 0.250. The van der Waals surface area contributed by atoms with E-state index in [-0.39, 0.29) is 11.8 Å². The molecule has 1 atom stereocenters. The van der Waals surface area contributed by atoms with E-state index < -0.39 is 0 Å². The van der Waals surface area contributed by atoms with Crippen LogP contribution in [0.5, 0.6) is 17.2 Å². The van der Waals surface area contributed by atoms with Gasteiger partial charge in [-0.1, -0.05) is 6.07 Å². The Morgan fingerprint density at radius 1 is 1.26 bits per heavy atom.